The monoisotopic (exact) mass is 479 g/mol. The molecule has 1 aliphatic carbocycles. The summed E-state index contributed by atoms with van der Waals surface area (Å²) in [7, 11) is 0. The van der Waals surface area contributed by atoms with Crippen molar-refractivity contribution in [3.05, 3.63) is 94.5 Å². The fourth-order valence-corrected chi connectivity index (χ4v) is 6.74. The van der Waals surface area contributed by atoms with Gasteiger partial charge in [-0.25, -0.2) is 4.79 Å². The Morgan fingerprint density at radius 3 is 2.08 bits per heavy atom. The van der Waals surface area contributed by atoms with E-state index in [4.69, 9.17) is 4.74 Å². The zero-order valence-electron chi connectivity index (χ0n) is 21.1. The van der Waals surface area contributed by atoms with E-state index in [1.165, 1.54) is 33.4 Å². The molecule has 0 radical (unpaired) electrons. The average Bonchev–Trinajstić information content (AvgIpc) is 3.35. The molecule has 2 aliphatic heterocycles. The van der Waals surface area contributed by atoms with Gasteiger partial charge in [0.1, 0.15) is 12.4 Å². The van der Waals surface area contributed by atoms with Crippen LogP contribution in [0.25, 0.3) is 11.1 Å². The molecule has 4 heteroatoms. The van der Waals surface area contributed by atoms with Crippen LogP contribution in [0, 0.1) is 19.8 Å². The van der Waals surface area contributed by atoms with Gasteiger partial charge in [0.15, 0.2) is 0 Å². The summed E-state index contributed by atoms with van der Waals surface area (Å²) in [5, 5.41) is 0. The number of amides is 1. The summed E-state index contributed by atoms with van der Waals surface area (Å²) in [5.74, 6) is 0.406. The molecule has 1 amide bonds. The van der Waals surface area contributed by atoms with Crippen molar-refractivity contribution in [1.82, 2.24) is 4.90 Å². The molecule has 4 nitrogen and oxygen atoms in total. The van der Waals surface area contributed by atoms with Crippen molar-refractivity contribution in [3.8, 4) is 11.1 Å². The minimum atomic E-state index is -0.218. The summed E-state index contributed by atoms with van der Waals surface area (Å²) in [6.07, 6.45) is 3.70. The third-order valence-corrected chi connectivity index (χ3v) is 8.82. The van der Waals surface area contributed by atoms with Crippen molar-refractivity contribution >= 4 is 11.9 Å². The highest BCUT2D eigenvalue weighted by Crippen LogP contribution is 2.45. The van der Waals surface area contributed by atoms with Crippen LogP contribution in [0.3, 0.4) is 0 Å². The number of fused-ring (bicyclic) bond motifs is 5. The van der Waals surface area contributed by atoms with Crippen molar-refractivity contribution in [2.45, 2.75) is 64.0 Å². The van der Waals surface area contributed by atoms with E-state index in [-0.39, 0.29) is 30.0 Å². The number of piperidine rings is 1. The van der Waals surface area contributed by atoms with E-state index in [2.05, 4.69) is 74.5 Å². The van der Waals surface area contributed by atoms with E-state index in [1.807, 2.05) is 11.0 Å². The number of benzene rings is 3. The highest BCUT2D eigenvalue weighted by atomic mass is 16.6. The molecule has 36 heavy (non-hydrogen) atoms. The fraction of sp³-hybridized carbons (Fsp3) is 0.375. The van der Waals surface area contributed by atoms with Crippen LogP contribution in [-0.4, -0.2) is 35.5 Å². The third kappa shape index (κ3) is 3.93. The molecule has 184 valence electrons. The van der Waals surface area contributed by atoms with Crippen LogP contribution in [0.5, 0.6) is 0 Å². The van der Waals surface area contributed by atoms with E-state index in [1.54, 1.807) is 0 Å². The van der Waals surface area contributed by atoms with E-state index in [0.717, 1.165) is 31.2 Å². The SMILES string of the molecule is Cc1cccc(CC(=O)C2CC3CCC(C2)N3C(=O)OCC2c3ccccc3-c3ccccc32)c1C. The molecule has 0 N–H and O–H groups in total. The lowest BCUT2D eigenvalue weighted by atomic mass is 9.84. The van der Waals surface area contributed by atoms with Crippen LogP contribution < -0.4 is 0 Å². The predicted molar refractivity (Wildman–Crippen MR) is 141 cm³/mol. The molecule has 3 aromatic carbocycles. The topological polar surface area (TPSA) is 46.6 Å². The number of carbonyl (C=O) groups excluding carboxylic acids is 2. The van der Waals surface area contributed by atoms with Crippen LogP contribution in [0.2, 0.25) is 0 Å². The normalized spacial score (nSPS) is 22.3. The predicted octanol–water partition coefficient (Wildman–Crippen LogP) is 6.61. The van der Waals surface area contributed by atoms with Gasteiger partial charge in [0, 0.05) is 30.3 Å². The summed E-state index contributed by atoms with van der Waals surface area (Å²) < 4.78 is 5.98. The van der Waals surface area contributed by atoms with Crippen LogP contribution in [0.1, 0.15) is 59.4 Å². The van der Waals surface area contributed by atoms with E-state index in [0.29, 0.717) is 18.8 Å². The van der Waals surface area contributed by atoms with Gasteiger partial charge in [-0.2, -0.15) is 0 Å². The highest BCUT2D eigenvalue weighted by Gasteiger charge is 2.46. The van der Waals surface area contributed by atoms with Gasteiger partial charge in [0.25, 0.3) is 0 Å². The molecule has 2 unspecified atom stereocenters. The van der Waals surface area contributed by atoms with Crippen molar-refractivity contribution in [3.63, 3.8) is 0 Å². The smallest absolute Gasteiger partial charge is 0.410 e. The molecule has 0 saturated carbocycles. The molecule has 2 atom stereocenters. The van der Waals surface area contributed by atoms with Gasteiger partial charge >= 0.3 is 6.09 Å². The van der Waals surface area contributed by atoms with Crippen molar-refractivity contribution in [2.24, 2.45) is 5.92 Å². The van der Waals surface area contributed by atoms with Crippen molar-refractivity contribution < 1.29 is 14.3 Å². The lowest BCUT2D eigenvalue weighted by Crippen LogP contribution is -2.48. The number of aryl methyl sites for hydroxylation is 1. The van der Waals surface area contributed by atoms with Gasteiger partial charge in [-0.05, 0) is 78.5 Å². The van der Waals surface area contributed by atoms with Gasteiger partial charge in [-0.3, -0.25) is 4.79 Å². The van der Waals surface area contributed by atoms with Gasteiger partial charge in [-0.1, -0.05) is 66.7 Å². The molecule has 3 aromatic rings. The molecular weight excluding hydrogens is 446 g/mol. The van der Waals surface area contributed by atoms with Crippen LogP contribution in [-0.2, 0) is 16.0 Å². The minimum absolute atomic E-state index is 0.0278. The van der Waals surface area contributed by atoms with Crippen molar-refractivity contribution in [1.29, 1.82) is 0 Å². The number of hydrogen-bond donors (Lipinski definition) is 0. The maximum absolute atomic E-state index is 13.3. The van der Waals surface area contributed by atoms with Gasteiger partial charge < -0.3 is 9.64 Å². The van der Waals surface area contributed by atoms with Gasteiger partial charge in [-0.15, -0.1) is 0 Å². The Hall–Kier alpha value is -3.40. The second-order valence-electron chi connectivity index (χ2n) is 10.8. The average molecular weight is 480 g/mol. The summed E-state index contributed by atoms with van der Waals surface area (Å²) in [4.78, 5) is 28.5. The maximum atomic E-state index is 13.3. The molecule has 0 aromatic heterocycles. The Morgan fingerprint density at radius 1 is 0.833 bits per heavy atom. The fourth-order valence-electron chi connectivity index (χ4n) is 6.74. The zero-order valence-corrected chi connectivity index (χ0v) is 21.1. The molecule has 2 saturated heterocycles. The Balaban J connectivity index is 1.11. The second kappa shape index (κ2) is 9.24. The number of nitrogens with zero attached hydrogens (tertiary/aromatic N) is 1. The summed E-state index contributed by atoms with van der Waals surface area (Å²) in [6.45, 7) is 4.54. The maximum Gasteiger partial charge on any atom is 0.410 e. The minimum Gasteiger partial charge on any atom is -0.448 e. The summed E-state index contributed by atoms with van der Waals surface area (Å²) in [5.41, 5.74) is 8.49. The molecule has 0 spiro atoms. The van der Waals surface area contributed by atoms with Crippen molar-refractivity contribution in [2.75, 3.05) is 6.61 Å². The molecule has 6 rings (SSSR count). The number of carbonyl (C=O) groups is 2. The van der Waals surface area contributed by atoms with Crippen LogP contribution in [0.4, 0.5) is 4.79 Å². The number of hydrogen-bond acceptors (Lipinski definition) is 3. The summed E-state index contributed by atoms with van der Waals surface area (Å²) in [6, 6.07) is 23.2. The van der Waals surface area contributed by atoms with Crippen LogP contribution in [0.15, 0.2) is 66.7 Å². The largest absolute Gasteiger partial charge is 0.448 e. The molecular formula is C32H33NO3. The first-order chi connectivity index (χ1) is 17.5. The van der Waals surface area contributed by atoms with Gasteiger partial charge in [0.2, 0.25) is 0 Å². The quantitative estimate of drug-likeness (QED) is 0.414. The highest BCUT2D eigenvalue weighted by molar-refractivity contribution is 5.84. The number of ether oxygens (including phenoxy) is 1. The Morgan fingerprint density at radius 2 is 1.44 bits per heavy atom. The van der Waals surface area contributed by atoms with E-state index in [9.17, 15) is 9.59 Å². The van der Waals surface area contributed by atoms with E-state index >= 15 is 0 Å². The Kier molecular flexibility index (Phi) is 5.91. The Labute approximate surface area is 213 Å². The zero-order chi connectivity index (χ0) is 24.8. The number of ketones is 1. The second-order valence-corrected chi connectivity index (χ2v) is 10.8. The van der Waals surface area contributed by atoms with E-state index < -0.39 is 0 Å². The molecule has 2 bridgehead atoms. The third-order valence-electron chi connectivity index (χ3n) is 8.82. The lowest BCUT2D eigenvalue weighted by Gasteiger charge is -2.38. The van der Waals surface area contributed by atoms with Crippen LogP contribution >= 0.6 is 0 Å². The first kappa shape index (κ1) is 23.0. The Bertz CT molecular complexity index is 1270. The first-order valence-corrected chi connectivity index (χ1v) is 13.2. The number of Topliss-reactive ketones (excluding diaryl/α,β-unsaturated/α-hetero) is 1. The number of rotatable bonds is 5. The lowest BCUT2D eigenvalue weighted by molar-refractivity contribution is -0.124. The molecule has 3 aliphatic rings. The van der Waals surface area contributed by atoms with Gasteiger partial charge in [0.05, 0.1) is 0 Å². The molecule has 2 fully saturated rings. The molecule has 2 heterocycles. The summed E-state index contributed by atoms with van der Waals surface area (Å²) >= 11 is 0. The first-order valence-electron chi connectivity index (χ1n) is 13.2. The standard InChI is InChI=1S/C32H33NO3/c1-20-8-7-9-22(21(20)2)18-31(34)23-16-24-14-15-25(17-23)33(24)32(35)36-19-30-28-12-5-3-10-26(28)27-11-4-6-13-29(27)30/h3-13,23-25,30H,14-19H2,1-2H3.